The van der Waals surface area contributed by atoms with Crippen LogP contribution < -0.4 is 0 Å². The minimum Gasteiger partial charge on any atom is -0.507 e. The van der Waals surface area contributed by atoms with E-state index in [0.29, 0.717) is 5.75 Å². The zero-order chi connectivity index (χ0) is 34.3. The van der Waals surface area contributed by atoms with Gasteiger partial charge in [0.2, 0.25) is 0 Å². The van der Waals surface area contributed by atoms with Crippen molar-refractivity contribution in [3.8, 4) is 28.0 Å². The van der Waals surface area contributed by atoms with Gasteiger partial charge in [-0.15, -0.1) is 0 Å². The number of rotatable bonds is 6. The van der Waals surface area contributed by atoms with Crippen LogP contribution >= 0.6 is 7.92 Å². The molecule has 0 aliphatic carbocycles. The summed E-state index contributed by atoms with van der Waals surface area (Å²) in [6.07, 6.45) is 2.00. The second-order valence-corrected chi connectivity index (χ2v) is 18.9. The van der Waals surface area contributed by atoms with E-state index in [1.165, 1.54) is 11.0 Å². The molecule has 2 unspecified atom stereocenters. The average molecular weight is 652 g/mol. The number of benzene rings is 5. The molecule has 1 heterocycles. The van der Waals surface area contributed by atoms with Gasteiger partial charge in [-0.05, 0) is 39.8 Å². The Kier molecular flexibility index (Phi) is 9.03. The summed E-state index contributed by atoms with van der Waals surface area (Å²) in [6.45, 7) is 18.6. The number of phenolic OH excluding ortho intramolecular Hbond substituents is 1. The smallest absolute Gasteiger partial charge is 0.123 e. The van der Waals surface area contributed by atoms with Crippen molar-refractivity contribution in [3.05, 3.63) is 144 Å². The third kappa shape index (κ3) is 5.94. The predicted octanol–water partition coefficient (Wildman–Crippen LogP) is 12.8. The predicted molar refractivity (Wildman–Crippen MR) is 208 cm³/mol. The fourth-order valence-corrected chi connectivity index (χ4v) is 11.1. The summed E-state index contributed by atoms with van der Waals surface area (Å²) in [6, 6.07) is 44.9. The minimum atomic E-state index is -0.667. The molecule has 6 rings (SSSR count). The Bertz CT molecular complexity index is 1860. The largest absolute Gasteiger partial charge is 0.507 e. The third-order valence-corrected chi connectivity index (χ3v) is 13.8. The highest BCUT2D eigenvalue weighted by molar-refractivity contribution is 7.77. The van der Waals surface area contributed by atoms with Crippen LogP contribution in [0.2, 0.25) is 0 Å². The van der Waals surface area contributed by atoms with Crippen molar-refractivity contribution >= 4 is 19.1 Å². The van der Waals surface area contributed by atoms with Gasteiger partial charge < -0.3 is 5.11 Å². The van der Waals surface area contributed by atoms with Gasteiger partial charge in [-0.25, -0.2) is 0 Å². The van der Waals surface area contributed by atoms with Crippen molar-refractivity contribution in [1.29, 1.82) is 0 Å². The lowest BCUT2D eigenvalue weighted by Gasteiger charge is -2.45. The molecule has 0 saturated carbocycles. The van der Waals surface area contributed by atoms with Gasteiger partial charge in [0, 0.05) is 33.1 Å². The van der Waals surface area contributed by atoms with Gasteiger partial charge in [0.05, 0.1) is 11.1 Å². The lowest BCUT2D eigenvalue weighted by atomic mass is 9.60. The number of hydrogen-bond donors (Lipinski definition) is 1. The number of hydrogen-bond acceptors (Lipinski definition) is 2. The van der Waals surface area contributed by atoms with Gasteiger partial charge in [-0.1, -0.05) is 191 Å². The maximum atomic E-state index is 12.6. The third-order valence-electron chi connectivity index (χ3n) is 10.5. The minimum absolute atomic E-state index is 0.0340. The normalized spacial score (nSPS) is 19.5. The molecule has 1 N–H and O–H groups in total. The highest BCUT2D eigenvalue weighted by Crippen LogP contribution is 2.68. The van der Waals surface area contributed by atoms with Crippen LogP contribution in [-0.4, -0.2) is 21.9 Å². The summed E-state index contributed by atoms with van der Waals surface area (Å²) in [7, 11) is -0.667. The molecule has 0 aromatic heterocycles. The molecular weight excluding hydrogens is 601 g/mol. The molecule has 1 aliphatic rings. The average Bonchev–Trinajstić information content (AvgIpc) is 3.47. The molecule has 2 nitrogen and oxygen atoms in total. The van der Waals surface area contributed by atoms with Gasteiger partial charge in [-0.3, -0.25) is 4.99 Å². The number of aromatic hydroxyl groups is 1. The van der Waals surface area contributed by atoms with Crippen molar-refractivity contribution in [2.75, 3.05) is 6.16 Å². The highest BCUT2D eigenvalue weighted by Gasteiger charge is 2.57. The summed E-state index contributed by atoms with van der Waals surface area (Å²) in [5.41, 5.74) is 8.88. The lowest BCUT2D eigenvalue weighted by Crippen LogP contribution is -2.44. The van der Waals surface area contributed by atoms with E-state index in [1.54, 1.807) is 0 Å². The molecule has 246 valence electrons. The van der Waals surface area contributed by atoms with Crippen LogP contribution in [0.5, 0.6) is 5.75 Å². The molecule has 2 atom stereocenters. The van der Waals surface area contributed by atoms with Crippen molar-refractivity contribution in [1.82, 2.24) is 0 Å². The fraction of sp³-hybridized carbons (Fsp3) is 0.311. The molecule has 48 heavy (non-hydrogen) atoms. The summed E-state index contributed by atoms with van der Waals surface area (Å²) in [4.78, 5) is 5.98. The van der Waals surface area contributed by atoms with Crippen LogP contribution in [0.4, 0.5) is 5.69 Å². The van der Waals surface area contributed by atoms with Crippen LogP contribution in [0.1, 0.15) is 78.5 Å². The molecule has 0 radical (unpaired) electrons. The number of para-hydroxylation sites is 2. The molecule has 3 heteroatoms. The molecule has 0 amide bonds. The van der Waals surface area contributed by atoms with Crippen molar-refractivity contribution in [3.63, 3.8) is 0 Å². The zero-order valence-corrected chi connectivity index (χ0v) is 30.8. The molecule has 0 spiro atoms. The standard InChI is InChI=1S/C45H50NOP/c1-42(2,3)45(38-29-19-28-37(40(38)47)44(7,8)34-24-16-11-17-25-34)30-31-48(43(4,5)6)41(45)46-39-35(32-20-12-9-13-21-32)26-18-27-36(39)33-22-14-10-15-23-33/h9-29,47H,30-31H2,1-8H3. The van der Waals surface area contributed by atoms with Gasteiger partial charge in [0.1, 0.15) is 5.75 Å². The summed E-state index contributed by atoms with van der Waals surface area (Å²) in [5, 5.41) is 12.6. The van der Waals surface area contributed by atoms with E-state index >= 15 is 0 Å². The fourth-order valence-electron chi connectivity index (χ4n) is 7.78. The first-order valence-corrected chi connectivity index (χ1v) is 18.8. The Morgan fingerprint density at radius 3 is 1.60 bits per heavy atom. The van der Waals surface area contributed by atoms with Crippen LogP contribution in [-0.2, 0) is 10.8 Å². The second-order valence-electron chi connectivity index (χ2n) is 15.8. The quantitative estimate of drug-likeness (QED) is 0.182. The van der Waals surface area contributed by atoms with Gasteiger partial charge >= 0.3 is 0 Å². The Balaban J connectivity index is 1.68. The molecule has 5 aromatic rings. The van der Waals surface area contributed by atoms with E-state index < -0.39 is 13.3 Å². The van der Waals surface area contributed by atoms with E-state index in [0.717, 1.165) is 51.7 Å². The number of aliphatic imine (C=N–C) groups is 1. The van der Waals surface area contributed by atoms with Crippen LogP contribution in [0.25, 0.3) is 22.3 Å². The SMILES string of the molecule is CC(C)(c1ccccc1)c1cccc(C2(C(C)(C)C)CCP(C(C)(C)C)C2=Nc2c(-c3ccccc3)cccc2-c2ccccc2)c1O. The van der Waals surface area contributed by atoms with Gasteiger partial charge in [-0.2, -0.15) is 0 Å². The van der Waals surface area contributed by atoms with E-state index in [4.69, 9.17) is 4.99 Å². The van der Waals surface area contributed by atoms with Crippen LogP contribution in [0, 0.1) is 5.41 Å². The molecule has 1 saturated heterocycles. The zero-order valence-electron chi connectivity index (χ0n) is 29.9. The Labute approximate surface area is 289 Å². The Morgan fingerprint density at radius 1 is 0.604 bits per heavy atom. The first kappa shape index (κ1) is 33.9. The van der Waals surface area contributed by atoms with E-state index in [2.05, 4.69) is 183 Å². The molecule has 1 fully saturated rings. The molecular formula is C45H50NOP. The molecule has 1 aliphatic heterocycles. The van der Waals surface area contributed by atoms with E-state index in [1.807, 2.05) is 0 Å². The summed E-state index contributed by atoms with van der Waals surface area (Å²) in [5.74, 6) is 0.402. The van der Waals surface area contributed by atoms with Crippen molar-refractivity contribution in [2.24, 2.45) is 10.4 Å². The monoisotopic (exact) mass is 651 g/mol. The summed E-state index contributed by atoms with van der Waals surface area (Å²) >= 11 is 0. The summed E-state index contributed by atoms with van der Waals surface area (Å²) < 4.78 is 0. The van der Waals surface area contributed by atoms with Crippen molar-refractivity contribution in [2.45, 2.75) is 77.8 Å². The van der Waals surface area contributed by atoms with E-state index in [-0.39, 0.29) is 16.0 Å². The second kappa shape index (κ2) is 12.8. The first-order valence-electron chi connectivity index (χ1n) is 17.3. The Morgan fingerprint density at radius 2 is 1.10 bits per heavy atom. The molecule has 5 aromatic carbocycles. The van der Waals surface area contributed by atoms with Crippen LogP contribution in [0.3, 0.4) is 0 Å². The maximum Gasteiger partial charge on any atom is 0.123 e. The van der Waals surface area contributed by atoms with Gasteiger partial charge in [0.15, 0.2) is 0 Å². The van der Waals surface area contributed by atoms with E-state index in [9.17, 15) is 5.11 Å². The van der Waals surface area contributed by atoms with Crippen LogP contribution in [0.15, 0.2) is 132 Å². The maximum absolute atomic E-state index is 12.6. The molecule has 0 bridgehead atoms. The van der Waals surface area contributed by atoms with Crippen molar-refractivity contribution < 1.29 is 5.11 Å². The number of nitrogens with zero attached hydrogens (tertiary/aromatic N) is 1. The topological polar surface area (TPSA) is 32.6 Å². The Hall–Kier alpha value is -4.00. The lowest BCUT2D eigenvalue weighted by molar-refractivity contribution is 0.252. The highest BCUT2D eigenvalue weighted by atomic mass is 31.1. The number of phenols is 1. The first-order chi connectivity index (χ1) is 22.8. The van der Waals surface area contributed by atoms with Gasteiger partial charge in [0.25, 0.3) is 0 Å².